The molecule has 0 amide bonds. The van der Waals surface area contributed by atoms with Gasteiger partial charge in [-0.2, -0.15) is 0 Å². The van der Waals surface area contributed by atoms with Gasteiger partial charge in [-0.25, -0.2) is 14.4 Å². The number of para-hydroxylation sites is 1. The van der Waals surface area contributed by atoms with E-state index < -0.39 is 12.2 Å². The van der Waals surface area contributed by atoms with Crippen molar-refractivity contribution in [2.24, 2.45) is 0 Å². The van der Waals surface area contributed by atoms with Crippen molar-refractivity contribution in [3.8, 4) is 17.1 Å². The summed E-state index contributed by atoms with van der Waals surface area (Å²) in [7, 11) is 0. The zero-order valence-electron chi connectivity index (χ0n) is 17.4. The predicted octanol–water partition coefficient (Wildman–Crippen LogP) is 6.67. The second-order valence-electron chi connectivity index (χ2n) is 7.00. The largest absolute Gasteiger partial charge is 0.573 e. The summed E-state index contributed by atoms with van der Waals surface area (Å²) in [5.41, 5.74) is 1.97. The Bertz CT molecular complexity index is 1280. The molecule has 0 aliphatic heterocycles. The fourth-order valence-corrected chi connectivity index (χ4v) is 3.06. The molecule has 172 valence electrons. The van der Waals surface area contributed by atoms with Crippen molar-refractivity contribution in [3.63, 3.8) is 0 Å². The monoisotopic (exact) mass is 467 g/mol. The Labute approximate surface area is 191 Å². The molecule has 0 saturated carbocycles. The van der Waals surface area contributed by atoms with E-state index in [2.05, 4.69) is 25.3 Å². The lowest BCUT2D eigenvalue weighted by Crippen LogP contribution is -2.17. The van der Waals surface area contributed by atoms with Crippen LogP contribution in [-0.2, 0) is 0 Å². The topological polar surface area (TPSA) is 82.9 Å². The number of aromatic nitrogens is 2. The standard InChI is InChI=1S/C24H17F4N5O/c25-16-8-6-15(7-9-16)21-32-22(30-17-4-2-1-3-5-17)20(14-29)23(33-21)31-18-10-12-19(13-11-18)34-24(26,27)28/h1-14,29H,(H2,30,31,32,33). The predicted molar refractivity (Wildman–Crippen MR) is 121 cm³/mol. The molecule has 0 spiro atoms. The molecule has 10 heteroatoms. The molecule has 4 aromatic rings. The van der Waals surface area contributed by atoms with Gasteiger partial charge >= 0.3 is 6.36 Å². The smallest absolute Gasteiger partial charge is 0.406 e. The van der Waals surface area contributed by atoms with E-state index in [0.717, 1.165) is 18.3 Å². The number of ether oxygens (including phenoxy) is 1. The van der Waals surface area contributed by atoms with Crippen molar-refractivity contribution < 1.29 is 22.3 Å². The molecule has 1 aromatic heterocycles. The number of anilines is 4. The first-order chi connectivity index (χ1) is 16.3. The van der Waals surface area contributed by atoms with Gasteiger partial charge in [-0.15, -0.1) is 13.2 Å². The van der Waals surface area contributed by atoms with Gasteiger partial charge in [-0.05, 0) is 60.7 Å². The number of halogens is 4. The van der Waals surface area contributed by atoms with Crippen LogP contribution in [0.25, 0.3) is 11.4 Å². The van der Waals surface area contributed by atoms with Crippen molar-refractivity contribution in [2.45, 2.75) is 6.36 Å². The summed E-state index contributed by atoms with van der Waals surface area (Å²) >= 11 is 0. The third-order valence-electron chi connectivity index (χ3n) is 4.58. The van der Waals surface area contributed by atoms with Crippen LogP contribution in [0.3, 0.4) is 0 Å². The van der Waals surface area contributed by atoms with Crippen LogP contribution in [0.2, 0.25) is 0 Å². The van der Waals surface area contributed by atoms with E-state index in [-0.39, 0.29) is 17.4 Å². The summed E-state index contributed by atoms with van der Waals surface area (Å²) in [4.78, 5) is 8.99. The Morgan fingerprint density at radius 1 is 0.765 bits per heavy atom. The number of benzene rings is 3. The maximum absolute atomic E-state index is 13.4. The van der Waals surface area contributed by atoms with Gasteiger partial charge in [0.25, 0.3) is 0 Å². The fourth-order valence-electron chi connectivity index (χ4n) is 3.06. The van der Waals surface area contributed by atoms with Crippen LogP contribution in [-0.4, -0.2) is 22.5 Å². The van der Waals surface area contributed by atoms with Crippen LogP contribution in [0.15, 0.2) is 78.9 Å². The normalized spacial score (nSPS) is 11.1. The molecule has 6 nitrogen and oxygen atoms in total. The molecule has 0 radical (unpaired) electrons. The van der Waals surface area contributed by atoms with Crippen LogP contribution in [0.5, 0.6) is 5.75 Å². The molecule has 4 rings (SSSR count). The lowest BCUT2D eigenvalue weighted by Gasteiger charge is -2.16. The van der Waals surface area contributed by atoms with Crippen LogP contribution in [0.4, 0.5) is 40.6 Å². The van der Waals surface area contributed by atoms with Crippen molar-refractivity contribution in [1.82, 2.24) is 9.97 Å². The third-order valence-corrected chi connectivity index (χ3v) is 4.58. The molecule has 3 N–H and O–H groups in total. The van der Waals surface area contributed by atoms with E-state index >= 15 is 0 Å². The molecular formula is C24H17F4N5O. The zero-order chi connectivity index (χ0) is 24.1. The molecule has 3 aromatic carbocycles. The maximum atomic E-state index is 13.4. The number of rotatable bonds is 7. The van der Waals surface area contributed by atoms with Crippen molar-refractivity contribution >= 4 is 29.2 Å². The molecule has 0 aliphatic carbocycles. The molecule has 0 bridgehead atoms. The first-order valence-corrected chi connectivity index (χ1v) is 9.94. The van der Waals surface area contributed by atoms with E-state index in [1.807, 2.05) is 30.3 Å². The van der Waals surface area contributed by atoms with Crippen LogP contribution in [0.1, 0.15) is 5.56 Å². The highest BCUT2D eigenvalue weighted by Crippen LogP contribution is 2.30. The SMILES string of the molecule is N=Cc1c(Nc2ccccc2)nc(-c2ccc(F)cc2)nc1Nc1ccc(OC(F)(F)F)cc1. The van der Waals surface area contributed by atoms with E-state index in [4.69, 9.17) is 5.41 Å². The van der Waals surface area contributed by atoms with Crippen molar-refractivity contribution in [2.75, 3.05) is 10.6 Å². The summed E-state index contributed by atoms with van der Waals surface area (Å²) in [6, 6.07) is 19.8. The van der Waals surface area contributed by atoms with Gasteiger partial charge in [0.2, 0.25) is 0 Å². The average Bonchev–Trinajstić information content (AvgIpc) is 2.80. The van der Waals surface area contributed by atoms with Crippen molar-refractivity contribution in [3.05, 3.63) is 90.2 Å². The quantitative estimate of drug-likeness (QED) is 0.209. The number of alkyl halides is 3. The van der Waals surface area contributed by atoms with E-state index in [9.17, 15) is 17.6 Å². The minimum absolute atomic E-state index is 0.229. The lowest BCUT2D eigenvalue weighted by atomic mass is 10.2. The second-order valence-corrected chi connectivity index (χ2v) is 7.00. The summed E-state index contributed by atoms with van der Waals surface area (Å²) in [6.07, 6.45) is -3.74. The maximum Gasteiger partial charge on any atom is 0.573 e. The number of nitrogens with zero attached hydrogens (tertiary/aromatic N) is 2. The first kappa shape index (κ1) is 22.7. The molecule has 0 atom stereocenters. The second kappa shape index (κ2) is 9.57. The average molecular weight is 467 g/mol. The number of hydrogen-bond donors (Lipinski definition) is 3. The Kier molecular flexibility index (Phi) is 6.39. The molecular weight excluding hydrogens is 450 g/mol. The summed E-state index contributed by atoms with van der Waals surface area (Å²) in [6.45, 7) is 0. The van der Waals surface area contributed by atoms with Gasteiger partial charge in [0, 0.05) is 23.2 Å². The van der Waals surface area contributed by atoms with Gasteiger partial charge in [-0.3, -0.25) is 0 Å². The Balaban J connectivity index is 1.73. The van der Waals surface area contributed by atoms with Gasteiger partial charge in [0.15, 0.2) is 5.82 Å². The first-order valence-electron chi connectivity index (χ1n) is 9.94. The Morgan fingerprint density at radius 3 is 1.85 bits per heavy atom. The Morgan fingerprint density at radius 2 is 1.32 bits per heavy atom. The zero-order valence-corrected chi connectivity index (χ0v) is 17.4. The molecule has 0 unspecified atom stereocenters. The molecule has 0 aliphatic rings. The minimum Gasteiger partial charge on any atom is -0.406 e. The summed E-state index contributed by atoms with van der Waals surface area (Å²) < 4.78 is 54.6. The fraction of sp³-hybridized carbons (Fsp3) is 0.0417. The highest BCUT2D eigenvalue weighted by atomic mass is 19.4. The van der Waals surface area contributed by atoms with E-state index in [1.54, 1.807) is 0 Å². The molecule has 0 fully saturated rings. The molecule has 1 heterocycles. The lowest BCUT2D eigenvalue weighted by molar-refractivity contribution is -0.274. The third kappa shape index (κ3) is 5.66. The molecule has 34 heavy (non-hydrogen) atoms. The number of nitrogens with one attached hydrogen (secondary N) is 3. The van der Waals surface area contributed by atoms with Gasteiger partial charge in [-0.1, -0.05) is 18.2 Å². The van der Waals surface area contributed by atoms with Crippen LogP contribution < -0.4 is 15.4 Å². The van der Waals surface area contributed by atoms with E-state index in [0.29, 0.717) is 28.3 Å². The van der Waals surface area contributed by atoms with Crippen molar-refractivity contribution in [1.29, 1.82) is 5.41 Å². The van der Waals surface area contributed by atoms with Gasteiger partial charge in [0.05, 0.1) is 5.56 Å². The van der Waals surface area contributed by atoms with Gasteiger partial charge in [0.1, 0.15) is 23.2 Å². The van der Waals surface area contributed by atoms with Crippen LogP contribution in [0, 0.1) is 11.2 Å². The summed E-state index contributed by atoms with van der Waals surface area (Å²) in [5, 5.41) is 14.1. The van der Waals surface area contributed by atoms with Gasteiger partial charge < -0.3 is 20.8 Å². The molecule has 0 saturated heterocycles. The van der Waals surface area contributed by atoms with Crippen LogP contribution >= 0.6 is 0 Å². The number of hydrogen-bond acceptors (Lipinski definition) is 6. The minimum atomic E-state index is -4.79. The van der Waals surface area contributed by atoms with E-state index in [1.165, 1.54) is 36.4 Å². The highest BCUT2D eigenvalue weighted by Gasteiger charge is 2.31. The highest BCUT2D eigenvalue weighted by molar-refractivity contribution is 5.93. The Hall–Kier alpha value is -4.47. The summed E-state index contributed by atoms with van der Waals surface area (Å²) in [5.74, 6) is 0.0133.